The van der Waals surface area contributed by atoms with E-state index in [4.69, 9.17) is 16.7 Å². The molecule has 0 bridgehead atoms. The summed E-state index contributed by atoms with van der Waals surface area (Å²) in [6.45, 7) is 1.92. The molecule has 2 rings (SSSR count). The molecule has 0 radical (unpaired) electrons. The van der Waals surface area contributed by atoms with E-state index in [-0.39, 0.29) is 12.4 Å². The molecule has 2 N–H and O–H groups in total. The zero-order chi connectivity index (χ0) is 10.8. The molecule has 90 valence electrons. The SMILES string of the molecule is Cl.O=C(O)c1cc(Cl)sc1C1CCNCC1. The van der Waals surface area contributed by atoms with Gasteiger partial charge in [-0.15, -0.1) is 23.7 Å². The average molecular weight is 282 g/mol. The number of carbonyl (C=O) groups is 1. The fourth-order valence-electron chi connectivity index (χ4n) is 1.93. The van der Waals surface area contributed by atoms with Crippen LogP contribution < -0.4 is 5.32 Å². The van der Waals surface area contributed by atoms with Crippen molar-refractivity contribution in [3.63, 3.8) is 0 Å². The Kier molecular flexibility index (Phi) is 5.05. The summed E-state index contributed by atoms with van der Waals surface area (Å²) in [5, 5.41) is 12.3. The molecule has 1 aliphatic rings. The van der Waals surface area contributed by atoms with Gasteiger partial charge in [0.05, 0.1) is 9.90 Å². The van der Waals surface area contributed by atoms with Crippen LogP contribution in [0.5, 0.6) is 0 Å². The van der Waals surface area contributed by atoms with Crippen LogP contribution in [0.2, 0.25) is 4.34 Å². The van der Waals surface area contributed by atoms with E-state index < -0.39 is 5.97 Å². The monoisotopic (exact) mass is 281 g/mol. The minimum Gasteiger partial charge on any atom is -0.478 e. The Morgan fingerprint density at radius 2 is 2.12 bits per heavy atom. The summed E-state index contributed by atoms with van der Waals surface area (Å²) in [5.74, 6) is -0.512. The molecular formula is C10H13Cl2NO2S. The van der Waals surface area contributed by atoms with Crippen LogP contribution in [0.25, 0.3) is 0 Å². The van der Waals surface area contributed by atoms with Crippen LogP contribution in [-0.2, 0) is 0 Å². The van der Waals surface area contributed by atoms with Crippen LogP contribution in [0, 0.1) is 0 Å². The first-order valence-corrected chi connectivity index (χ1v) is 6.11. The van der Waals surface area contributed by atoms with Gasteiger partial charge in [0.15, 0.2) is 0 Å². The van der Waals surface area contributed by atoms with Crippen molar-refractivity contribution in [1.29, 1.82) is 0 Å². The van der Waals surface area contributed by atoms with Gasteiger partial charge in [0.2, 0.25) is 0 Å². The fourth-order valence-corrected chi connectivity index (χ4v) is 3.33. The van der Waals surface area contributed by atoms with Gasteiger partial charge in [-0.1, -0.05) is 11.6 Å². The third-order valence-corrected chi connectivity index (χ3v) is 4.10. The largest absolute Gasteiger partial charge is 0.478 e. The maximum absolute atomic E-state index is 11.0. The van der Waals surface area contributed by atoms with Crippen molar-refractivity contribution in [2.24, 2.45) is 0 Å². The molecule has 1 aromatic rings. The van der Waals surface area contributed by atoms with Gasteiger partial charge in [-0.3, -0.25) is 0 Å². The number of carboxylic acid groups (broad SMARTS) is 1. The molecule has 3 nitrogen and oxygen atoms in total. The second-order valence-corrected chi connectivity index (χ2v) is 5.37. The van der Waals surface area contributed by atoms with Crippen molar-refractivity contribution in [2.45, 2.75) is 18.8 Å². The zero-order valence-corrected chi connectivity index (χ0v) is 10.9. The smallest absolute Gasteiger partial charge is 0.336 e. The number of aromatic carboxylic acids is 1. The van der Waals surface area contributed by atoms with E-state index in [0.29, 0.717) is 15.8 Å². The Hall–Kier alpha value is -0.290. The van der Waals surface area contributed by atoms with E-state index in [9.17, 15) is 4.79 Å². The number of thiophene rings is 1. The lowest BCUT2D eigenvalue weighted by Crippen LogP contribution is -2.26. The summed E-state index contributed by atoms with van der Waals surface area (Å²) in [6, 6.07) is 1.56. The van der Waals surface area contributed by atoms with Crippen molar-refractivity contribution in [3.8, 4) is 0 Å². The Bertz CT molecular complexity index is 375. The first-order valence-electron chi connectivity index (χ1n) is 4.91. The molecule has 0 aromatic carbocycles. The van der Waals surface area contributed by atoms with Crippen LogP contribution >= 0.6 is 35.3 Å². The molecule has 0 unspecified atom stereocenters. The number of piperidine rings is 1. The van der Waals surface area contributed by atoms with E-state index in [0.717, 1.165) is 30.8 Å². The zero-order valence-electron chi connectivity index (χ0n) is 8.53. The fraction of sp³-hybridized carbons (Fsp3) is 0.500. The molecule has 1 aromatic heterocycles. The molecule has 0 atom stereocenters. The van der Waals surface area contributed by atoms with Crippen molar-refractivity contribution in [1.82, 2.24) is 5.32 Å². The van der Waals surface area contributed by atoms with Gasteiger partial charge in [-0.2, -0.15) is 0 Å². The van der Waals surface area contributed by atoms with Crippen LogP contribution in [0.15, 0.2) is 6.07 Å². The lowest BCUT2D eigenvalue weighted by atomic mass is 9.94. The topological polar surface area (TPSA) is 49.3 Å². The van der Waals surface area contributed by atoms with E-state index in [2.05, 4.69) is 5.32 Å². The van der Waals surface area contributed by atoms with Crippen molar-refractivity contribution in [3.05, 3.63) is 20.8 Å². The second kappa shape index (κ2) is 5.87. The molecule has 0 saturated carbocycles. The maximum Gasteiger partial charge on any atom is 0.336 e. The molecule has 16 heavy (non-hydrogen) atoms. The molecule has 0 spiro atoms. The van der Waals surface area contributed by atoms with E-state index in [1.165, 1.54) is 11.3 Å². The Balaban J connectivity index is 0.00000128. The lowest BCUT2D eigenvalue weighted by Gasteiger charge is -2.22. The van der Waals surface area contributed by atoms with Crippen molar-refractivity contribution < 1.29 is 9.90 Å². The van der Waals surface area contributed by atoms with Crippen LogP contribution in [0.4, 0.5) is 0 Å². The molecule has 2 heterocycles. The second-order valence-electron chi connectivity index (χ2n) is 3.66. The number of hydrogen-bond acceptors (Lipinski definition) is 3. The highest BCUT2D eigenvalue weighted by molar-refractivity contribution is 7.16. The first-order chi connectivity index (χ1) is 7.18. The summed E-state index contributed by atoms with van der Waals surface area (Å²) in [7, 11) is 0. The highest BCUT2D eigenvalue weighted by Crippen LogP contribution is 2.36. The lowest BCUT2D eigenvalue weighted by molar-refractivity contribution is 0.0695. The predicted octanol–water partition coefficient (Wildman–Crippen LogP) is 2.99. The van der Waals surface area contributed by atoms with Crippen molar-refractivity contribution in [2.75, 3.05) is 13.1 Å². The van der Waals surface area contributed by atoms with Crippen LogP contribution in [0.1, 0.15) is 34.0 Å². The van der Waals surface area contributed by atoms with Gasteiger partial charge < -0.3 is 10.4 Å². The van der Waals surface area contributed by atoms with Gasteiger partial charge in [-0.25, -0.2) is 4.79 Å². The molecule has 0 aliphatic carbocycles. The van der Waals surface area contributed by atoms with Gasteiger partial charge in [0, 0.05) is 4.88 Å². The highest BCUT2D eigenvalue weighted by atomic mass is 35.5. The van der Waals surface area contributed by atoms with E-state index in [1.807, 2.05) is 0 Å². The minimum atomic E-state index is -0.869. The van der Waals surface area contributed by atoms with Gasteiger partial charge in [-0.05, 0) is 37.9 Å². The number of halogens is 2. The third kappa shape index (κ3) is 2.88. The van der Waals surface area contributed by atoms with E-state index in [1.54, 1.807) is 6.07 Å². The predicted molar refractivity (Wildman–Crippen MR) is 68.4 cm³/mol. The highest BCUT2D eigenvalue weighted by Gasteiger charge is 2.23. The summed E-state index contributed by atoms with van der Waals surface area (Å²) < 4.78 is 0.570. The maximum atomic E-state index is 11.0. The molecule has 0 amide bonds. The number of hydrogen-bond donors (Lipinski definition) is 2. The molecule has 1 saturated heterocycles. The first kappa shape index (κ1) is 13.8. The summed E-state index contributed by atoms with van der Waals surface area (Å²) >= 11 is 7.27. The summed E-state index contributed by atoms with van der Waals surface area (Å²) in [4.78, 5) is 11.9. The van der Waals surface area contributed by atoms with Gasteiger partial charge in [0.25, 0.3) is 0 Å². The molecule has 6 heteroatoms. The molecule has 1 fully saturated rings. The molecular weight excluding hydrogens is 269 g/mol. The number of rotatable bonds is 2. The number of carboxylic acids is 1. The summed E-state index contributed by atoms with van der Waals surface area (Å²) in [6.07, 6.45) is 1.99. The minimum absolute atomic E-state index is 0. The summed E-state index contributed by atoms with van der Waals surface area (Å²) in [5.41, 5.74) is 0.386. The van der Waals surface area contributed by atoms with Crippen molar-refractivity contribution >= 4 is 41.3 Å². The Morgan fingerprint density at radius 3 is 2.69 bits per heavy atom. The Labute approximate surface area is 109 Å². The van der Waals surface area contributed by atoms with Crippen LogP contribution in [0.3, 0.4) is 0 Å². The number of nitrogens with one attached hydrogen (secondary N) is 1. The van der Waals surface area contributed by atoms with Crippen LogP contribution in [-0.4, -0.2) is 24.2 Å². The van der Waals surface area contributed by atoms with E-state index >= 15 is 0 Å². The Morgan fingerprint density at radius 1 is 1.50 bits per heavy atom. The third-order valence-electron chi connectivity index (χ3n) is 2.67. The normalized spacial score (nSPS) is 16.8. The molecule has 1 aliphatic heterocycles. The van der Waals surface area contributed by atoms with Gasteiger partial charge in [0.1, 0.15) is 0 Å². The average Bonchev–Trinajstić information content (AvgIpc) is 2.62. The standard InChI is InChI=1S/C10H12ClNO2S.ClH/c11-8-5-7(10(13)14)9(15-8)6-1-3-12-4-2-6;/h5-6,12H,1-4H2,(H,13,14);1H. The van der Waals surface area contributed by atoms with Gasteiger partial charge >= 0.3 is 5.97 Å². The quantitative estimate of drug-likeness (QED) is 0.876.